The summed E-state index contributed by atoms with van der Waals surface area (Å²) >= 11 is 1.38. The Morgan fingerprint density at radius 2 is 2.12 bits per heavy atom. The summed E-state index contributed by atoms with van der Waals surface area (Å²) in [5.41, 5.74) is 0. The SMILES string of the molecule is COC(=O)c1cc2cc(S(C)=O)ccc2s1. The van der Waals surface area contributed by atoms with E-state index in [4.69, 9.17) is 0 Å². The molecule has 0 saturated carbocycles. The van der Waals surface area contributed by atoms with Crippen molar-refractivity contribution in [3.8, 4) is 0 Å². The van der Waals surface area contributed by atoms with Gasteiger partial charge < -0.3 is 4.74 Å². The lowest BCUT2D eigenvalue weighted by Gasteiger charge is -1.94. The zero-order valence-corrected chi connectivity index (χ0v) is 10.5. The zero-order chi connectivity index (χ0) is 11.7. The third-order valence-corrected chi connectivity index (χ3v) is 4.22. The van der Waals surface area contributed by atoms with Gasteiger partial charge in [0, 0.05) is 26.7 Å². The molecule has 1 aromatic carbocycles. The van der Waals surface area contributed by atoms with Gasteiger partial charge in [-0.05, 0) is 29.7 Å². The van der Waals surface area contributed by atoms with Gasteiger partial charge in [-0.15, -0.1) is 11.3 Å². The predicted octanol–water partition coefficient (Wildman–Crippen LogP) is 2.43. The third kappa shape index (κ3) is 2.01. The van der Waals surface area contributed by atoms with E-state index in [1.165, 1.54) is 18.4 Å². The van der Waals surface area contributed by atoms with Gasteiger partial charge in [-0.25, -0.2) is 4.79 Å². The molecule has 0 bridgehead atoms. The lowest BCUT2D eigenvalue weighted by atomic mass is 10.2. The van der Waals surface area contributed by atoms with Crippen LogP contribution in [0.2, 0.25) is 0 Å². The Morgan fingerprint density at radius 1 is 1.38 bits per heavy atom. The van der Waals surface area contributed by atoms with E-state index in [0.717, 1.165) is 15.0 Å². The fraction of sp³-hybridized carbons (Fsp3) is 0.182. The maximum absolute atomic E-state index is 11.3. The molecule has 1 unspecified atom stereocenters. The molecule has 1 aromatic heterocycles. The van der Waals surface area contributed by atoms with E-state index in [2.05, 4.69) is 4.74 Å². The monoisotopic (exact) mass is 254 g/mol. The highest BCUT2D eigenvalue weighted by atomic mass is 32.2. The molecule has 1 atom stereocenters. The van der Waals surface area contributed by atoms with Crippen LogP contribution in [0.15, 0.2) is 29.2 Å². The number of thiophene rings is 1. The van der Waals surface area contributed by atoms with Crippen molar-refractivity contribution in [1.82, 2.24) is 0 Å². The molecule has 0 aliphatic rings. The minimum Gasteiger partial charge on any atom is -0.465 e. The van der Waals surface area contributed by atoms with Crippen LogP contribution in [0.4, 0.5) is 0 Å². The second-order valence-electron chi connectivity index (χ2n) is 3.26. The van der Waals surface area contributed by atoms with Crippen LogP contribution in [-0.2, 0) is 15.5 Å². The molecule has 0 spiro atoms. The summed E-state index contributed by atoms with van der Waals surface area (Å²) < 4.78 is 17.0. The van der Waals surface area contributed by atoms with E-state index >= 15 is 0 Å². The lowest BCUT2D eigenvalue weighted by molar-refractivity contribution is 0.0606. The Hall–Kier alpha value is -1.20. The van der Waals surface area contributed by atoms with Crippen LogP contribution in [0.25, 0.3) is 10.1 Å². The van der Waals surface area contributed by atoms with Gasteiger partial charge in [-0.1, -0.05) is 0 Å². The van der Waals surface area contributed by atoms with Crippen molar-refractivity contribution in [2.45, 2.75) is 4.90 Å². The molecule has 1 heterocycles. The normalized spacial score (nSPS) is 12.6. The van der Waals surface area contributed by atoms with Crippen LogP contribution in [0, 0.1) is 0 Å². The Morgan fingerprint density at radius 3 is 2.75 bits per heavy atom. The van der Waals surface area contributed by atoms with E-state index in [9.17, 15) is 9.00 Å². The lowest BCUT2D eigenvalue weighted by Crippen LogP contribution is -1.96. The van der Waals surface area contributed by atoms with E-state index in [1.807, 2.05) is 18.2 Å². The largest absolute Gasteiger partial charge is 0.465 e. The minimum absolute atomic E-state index is 0.333. The van der Waals surface area contributed by atoms with Gasteiger partial charge in [0.1, 0.15) is 4.88 Å². The molecule has 2 aromatic rings. The molecule has 0 saturated heterocycles. The van der Waals surface area contributed by atoms with Gasteiger partial charge in [-0.2, -0.15) is 0 Å². The van der Waals surface area contributed by atoms with Crippen molar-refractivity contribution in [1.29, 1.82) is 0 Å². The maximum atomic E-state index is 11.3. The topological polar surface area (TPSA) is 43.4 Å². The highest BCUT2D eigenvalue weighted by molar-refractivity contribution is 7.84. The number of hydrogen-bond acceptors (Lipinski definition) is 4. The van der Waals surface area contributed by atoms with Crippen molar-refractivity contribution in [2.75, 3.05) is 13.4 Å². The first kappa shape index (κ1) is 11.3. The van der Waals surface area contributed by atoms with E-state index < -0.39 is 10.8 Å². The average molecular weight is 254 g/mol. The van der Waals surface area contributed by atoms with Crippen LogP contribution < -0.4 is 0 Å². The van der Waals surface area contributed by atoms with Crippen molar-refractivity contribution in [3.05, 3.63) is 29.1 Å². The molecule has 0 N–H and O–H groups in total. The van der Waals surface area contributed by atoms with Crippen LogP contribution in [0.5, 0.6) is 0 Å². The Labute approximate surface area is 99.5 Å². The third-order valence-electron chi connectivity index (χ3n) is 2.21. The molecule has 16 heavy (non-hydrogen) atoms. The second kappa shape index (κ2) is 4.35. The fourth-order valence-electron chi connectivity index (χ4n) is 1.40. The summed E-state index contributed by atoms with van der Waals surface area (Å²) in [5.74, 6) is -0.333. The number of carbonyl (C=O) groups excluding carboxylic acids is 1. The van der Waals surface area contributed by atoms with Crippen LogP contribution in [0.3, 0.4) is 0 Å². The predicted molar refractivity (Wildman–Crippen MR) is 65.5 cm³/mol. The van der Waals surface area contributed by atoms with Crippen LogP contribution in [-0.4, -0.2) is 23.5 Å². The highest BCUT2D eigenvalue weighted by Gasteiger charge is 2.10. The first-order valence-corrected chi connectivity index (χ1v) is 6.94. The van der Waals surface area contributed by atoms with E-state index in [0.29, 0.717) is 4.88 Å². The zero-order valence-electron chi connectivity index (χ0n) is 8.85. The summed E-state index contributed by atoms with van der Waals surface area (Å²) in [4.78, 5) is 12.7. The molecule has 84 valence electrons. The fourth-order valence-corrected chi connectivity index (χ4v) is 2.92. The quantitative estimate of drug-likeness (QED) is 0.773. The summed E-state index contributed by atoms with van der Waals surface area (Å²) in [6.45, 7) is 0. The smallest absolute Gasteiger partial charge is 0.348 e. The van der Waals surface area contributed by atoms with Gasteiger partial charge >= 0.3 is 5.97 Å². The molecule has 0 amide bonds. The molecular weight excluding hydrogens is 244 g/mol. The maximum Gasteiger partial charge on any atom is 0.348 e. The summed E-state index contributed by atoms with van der Waals surface area (Å²) in [7, 11) is 0.361. The number of fused-ring (bicyclic) bond motifs is 1. The molecule has 2 rings (SSSR count). The first-order chi connectivity index (χ1) is 7.61. The van der Waals surface area contributed by atoms with Crippen LogP contribution in [0.1, 0.15) is 9.67 Å². The molecule has 0 fully saturated rings. The summed E-state index contributed by atoms with van der Waals surface area (Å²) in [6, 6.07) is 7.30. The number of ether oxygens (including phenoxy) is 1. The number of benzene rings is 1. The summed E-state index contributed by atoms with van der Waals surface area (Å²) in [5, 5.41) is 0.929. The molecular formula is C11H10O3S2. The molecule has 0 aliphatic carbocycles. The van der Waals surface area contributed by atoms with E-state index in [1.54, 1.807) is 12.3 Å². The number of rotatable bonds is 2. The second-order valence-corrected chi connectivity index (χ2v) is 5.72. The Bertz CT molecular complexity index is 572. The molecule has 0 aliphatic heterocycles. The van der Waals surface area contributed by atoms with Gasteiger partial charge in [0.2, 0.25) is 0 Å². The number of hydrogen-bond donors (Lipinski definition) is 0. The number of carbonyl (C=O) groups is 1. The Balaban J connectivity index is 2.54. The van der Waals surface area contributed by atoms with Gasteiger partial charge in [0.25, 0.3) is 0 Å². The first-order valence-electron chi connectivity index (χ1n) is 4.57. The minimum atomic E-state index is -1.000. The van der Waals surface area contributed by atoms with Gasteiger partial charge in [0.05, 0.1) is 7.11 Å². The summed E-state index contributed by atoms with van der Waals surface area (Å²) in [6.07, 6.45) is 1.63. The van der Waals surface area contributed by atoms with Crippen molar-refractivity contribution in [2.24, 2.45) is 0 Å². The molecule has 0 radical (unpaired) electrons. The molecule has 5 heteroatoms. The number of esters is 1. The van der Waals surface area contributed by atoms with Gasteiger partial charge in [0.15, 0.2) is 0 Å². The van der Waals surface area contributed by atoms with Gasteiger partial charge in [-0.3, -0.25) is 4.21 Å². The van der Waals surface area contributed by atoms with Crippen molar-refractivity contribution >= 4 is 38.2 Å². The van der Waals surface area contributed by atoms with Crippen molar-refractivity contribution < 1.29 is 13.7 Å². The average Bonchev–Trinajstić information content (AvgIpc) is 2.70. The Kier molecular flexibility index (Phi) is 3.07. The van der Waals surface area contributed by atoms with Crippen LogP contribution >= 0.6 is 11.3 Å². The molecule has 3 nitrogen and oxygen atoms in total. The number of methoxy groups -OCH3 is 1. The van der Waals surface area contributed by atoms with Crippen molar-refractivity contribution in [3.63, 3.8) is 0 Å². The van der Waals surface area contributed by atoms with E-state index in [-0.39, 0.29) is 5.97 Å². The highest BCUT2D eigenvalue weighted by Crippen LogP contribution is 2.27. The standard InChI is InChI=1S/C11H10O3S2/c1-14-11(12)10-6-7-5-8(16(2)13)3-4-9(7)15-10/h3-6H,1-2H3.